The Labute approximate surface area is 435 Å². The average Bonchev–Trinajstić information content (AvgIpc) is 3.41. The van der Waals surface area contributed by atoms with Gasteiger partial charge in [-0.15, -0.1) is 0 Å². The Balaban J connectivity index is 0.948. The lowest BCUT2D eigenvalue weighted by atomic mass is 9.98. The van der Waals surface area contributed by atoms with Crippen molar-refractivity contribution in [2.24, 2.45) is 0 Å². The van der Waals surface area contributed by atoms with Gasteiger partial charge in [0.2, 0.25) is 30.4 Å². The zero-order valence-corrected chi connectivity index (χ0v) is 40.6. The van der Waals surface area contributed by atoms with Crippen molar-refractivity contribution in [2.45, 2.75) is 130 Å². The van der Waals surface area contributed by atoms with Gasteiger partial charge in [0.05, 0.1) is 44.7 Å². The largest absolute Gasteiger partial charge is 0.507 e. The highest BCUT2D eigenvalue weighted by Crippen LogP contribution is 2.46. The van der Waals surface area contributed by atoms with Gasteiger partial charge in [0.1, 0.15) is 108 Å². The van der Waals surface area contributed by atoms with Crippen molar-refractivity contribution in [1.82, 2.24) is 0 Å². The fourth-order valence-electron chi connectivity index (χ4n) is 8.79. The summed E-state index contributed by atoms with van der Waals surface area (Å²) in [4.78, 5) is 12.9. The summed E-state index contributed by atoms with van der Waals surface area (Å²) in [5.41, 5.74) is 0.199. The Morgan fingerprint density at radius 2 is 1.14 bits per heavy atom. The second kappa shape index (κ2) is 24.0. The molecule has 0 bridgehead atoms. The summed E-state index contributed by atoms with van der Waals surface area (Å²) < 4.78 is 62.5. The van der Waals surface area contributed by atoms with Gasteiger partial charge in [0.15, 0.2) is 23.9 Å². The number of methoxy groups -OCH3 is 1. The van der Waals surface area contributed by atoms with Crippen LogP contribution in [0.3, 0.4) is 0 Å². The van der Waals surface area contributed by atoms with E-state index in [0.717, 1.165) is 24.3 Å². The Morgan fingerprint density at radius 3 is 1.73 bits per heavy atom. The Bertz CT molecular complexity index is 2690. The van der Waals surface area contributed by atoms with Gasteiger partial charge >= 0.3 is 17.3 Å². The van der Waals surface area contributed by atoms with Crippen LogP contribution in [0.4, 0.5) is 0 Å². The molecule has 20 atom stereocenters. The molecule has 1 aromatic heterocycles. The third-order valence-electron chi connectivity index (χ3n) is 13.2. The van der Waals surface area contributed by atoms with E-state index in [1.54, 1.807) is 0 Å². The fourth-order valence-corrected chi connectivity index (χ4v) is 8.79. The minimum absolute atomic E-state index is 0.0637. The molecule has 4 aliphatic rings. The number of hydrogen-bond acceptors (Lipinski definition) is 27. The van der Waals surface area contributed by atoms with Crippen LogP contribution in [-0.2, 0) is 33.2 Å². The molecule has 5 heterocycles. The molecule has 3 aromatic carbocycles. The fraction of sp³-hybridized carbons (Fsp3) is 0.510. The number of rotatable bonds is 16. The molecule has 28 heteroatoms. The molecule has 8 unspecified atom stereocenters. The first-order chi connectivity index (χ1) is 36.6. The van der Waals surface area contributed by atoms with E-state index in [2.05, 4.69) is 0 Å². The molecule has 0 saturated carbocycles. The van der Waals surface area contributed by atoms with Crippen LogP contribution >= 0.6 is 0 Å². The Morgan fingerprint density at radius 1 is 0.597 bits per heavy atom. The van der Waals surface area contributed by atoms with Crippen LogP contribution in [-0.4, -0.2) is 237 Å². The third-order valence-corrected chi connectivity index (χ3v) is 13.2. The van der Waals surface area contributed by atoms with Gasteiger partial charge in [-0.25, -0.2) is 9.21 Å². The number of aliphatic hydroxyl groups excluding tert-OH is 13. The van der Waals surface area contributed by atoms with E-state index in [1.807, 2.05) is 0 Å². The van der Waals surface area contributed by atoms with Crippen molar-refractivity contribution in [1.29, 1.82) is 0 Å². The number of carbonyl (C=O) groups is 1. The second-order valence-electron chi connectivity index (χ2n) is 18.4. The van der Waals surface area contributed by atoms with Gasteiger partial charge in [0, 0.05) is 30.3 Å². The number of fused-ring (bicyclic) bond motifs is 1. The van der Waals surface area contributed by atoms with Crippen molar-refractivity contribution < 1.29 is 138 Å². The van der Waals surface area contributed by atoms with E-state index < -0.39 is 172 Å². The first-order valence-corrected chi connectivity index (χ1v) is 23.8. The van der Waals surface area contributed by atoms with E-state index in [1.165, 1.54) is 56.5 Å². The van der Waals surface area contributed by atoms with Crippen LogP contribution in [0.5, 0.6) is 40.2 Å². The molecular formula is C49H59O28+. The van der Waals surface area contributed by atoms with Crippen molar-refractivity contribution in [3.8, 4) is 51.6 Å². The number of aromatic hydroxyl groups is 3. The summed E-state index contributed by atoms with van der Waals surface area (Å²) in [7, 11) is 1.18. The number of ether oxygens (including phenoxy) is 10. The molecule has 0 radical (unpaired) electrons. The monoisotopic (exact) mass is 1100 g/mol. The summed E-state index contributed by atoms with van der Waals surface area (Å²) in [6.45, 7) is -0.770. The number of carbonyl (C=O) groups excluding carboxylic acids is 1. The average molecular weight is 1100 g/mol. The predicted octanol–water partition coefficient (Wildman–Crippen LogP) is -3.84. The maximum atomic E-state index is 12.9. The zero-order chi connectivity index (χ0) is 55.7. The van der Waals surface area contributed by atoms with Crippen molar-refractivity contribution >= 4 is 23.0 Å². The van der Waals surface area contributed by atoms with Crippen LogP contribution in [0.25, 0.3) is 28.4 Å². The molecule has 16 N–H and O–H groups in total. The molecule has 0 aliphatic carbocycles. The molecule has 422 valence electrons. The van der Waals surface area contributed by atoms with Crippen LogP contribution in [0.15, 0.2) is 65.1 Å². The first kappa shape index (κ1) is 57.3. The van der Waals surface area contributed by atoms with E-state index in [-0.39, 0.29) is 39.5 Å². The highest BCUT2D eigenvalue weighted by Gasteiger charge is 2.50. The summed E-state index contributed by atoms with van der Waals surface area (Å²) >= 11 is 0. The summed E-state index contributed by atoms with van der Waals surface area (Å²) in [5.74, 6) is -3.92. The number of benzene rings is 3. The second-order valence-corrected chi connectivity index (χ2v) is 18.4. The van der Waals surface area contributed by atoms with Crippen molar-refractivity contribution in [3.05, 3.63) is 66.2 Å². The molecule has 4 aromatic rings. The van der Waals surface area contributed by atoms with Crippen LogP contribution < -0.4 is 18.9 Å². The quantitative estimate of drug-likeness (QED) is 0.0221. The number of phenolic OH excluding ortho intramolecular Hbond substituents is 3. The van der Waals surface area contributed by atoms with E-state index >= 15 is 0 Å². The van der Waals surface area contributed by atoms with Gasteiger partial charge in [-0.05, 0) is 30.7 Å². The lowest BCUT2D eigenvalue weighted by Crippen LogP contribution is -2.62. The standard InChI is InChI=1S/C49H58O28/c1-17-44(77-31(54)8-5-18-3-6-21(7-4-18)70-47-40(63)36(59)33(56)28(14-50)74-47)39(62)43(66)46(69-17)68-16-30-35(58)38(61)42(65)49(76-30)73-27-13-22-24(71-45(27)19-9-23(53)32(55)26(10-19)67-2)11-20(52)12-25(22)72-48-41(64)37(60)34(57)29(15-51)75-48/h3-13,17,28-30,33-44,46-51,56-66H,14-16H2,1-2H3,(H2-,52,53,55)/p+1/b8-5-/t17?,28?,29?,30?,33-,34-,35-,36+,37+,38+,39?,40?,41?,42?,43+,44+,46-,47-,48-,49-/m1/s1. The van der Waals surface area contributed by atoms with Gasteiger partial charge in [-0.1, -0.05) is 12.1 Å². The normalized spacial score (nSPS) is 35.6. The van der Waals surface area contributed by atoms with E-state index in [9.17, 15) is 86.5 Å². The number of phenols is 3. The number of aliphatic hydroxyl groups is 13. The van der Waals surface area contributed by atoms with E-state index in [0.29, 0.717) is 5.56 Å². The summed E-state index contributed by atoms with van der Waals surface area (Å²) in [6, 6.07) is 11.5. The molecule has 4 saturated heterocycles. The Kier molecular flexibility index (Phi) is 17.9. The van der Waals surface area contributed by atoms with Gasteiger partial charge in [-0.3, -0.25) is 0 Å². The highest BCUT2D eigenvalue weighted by molar-refractivity contribution is 5.89. The highest BCUT2D eigenvalue weighted by atomic mass is 16.7. The van der Waals surface area contributed by atoms with Crippen molar-refractivity contribution in [2.75, 3.05) is 26.9 Å². The molecule has 0 amide bonds. The summed E-state index contributed by atoms with van der Waals surface area (Å²) in [5, 5.41) is 168. The first-order valence-electron chi connectivity index (χ1n) is 23.8. The maximum Gasteiger partial charge on any atom is 0.402 e. The zero-order valence-electron chi connectivity index (χ0n) is 40.6. The summed E-state index contributed by atoms with van der Waals surface area (Å²) in [6.07, 6.45) is -31.2. The maximum absolute atomic E-state index is 12.9. The molecule has 28 nitrogen and oxygen atoms in total. The minimum atomic E-state index is -2.04. The van der Waals surface area contributed by atoms with Gasteiger partial charge in [-0.2, -0.15) is 0 Å². The third kappa shape index (κ3) is 12.1. The van der Waals surface area contributed by atoms with Gasteiger partial charge in [0.25, 0.3) is 0 Å². The number of hydrogen-bond donors (Lipinski definition) is 16. The van der Waals surface area contributed by atoms with Crippen LogP contribution in [0, 0.1) is 0 Å². The molecular weight excluding hydrogens is 1040 g/mol. The van der Waals surface area contributed by atoms with Crippen LogP contribution in [0.1, 0.15) is 12.5 Å². The van der Waals surface area contributed by atoms with Gasteiger partial charge < -0.3 is 129 Å². The van der Waals surface area contributed by atoms with Crippen molar-refractivity contribution in [3.63, 3.8) is 0 Å². The lowest BCUT2D eigenvalue weighted by Gasteiger charge is -2.42. The molecule has 4 fully saturated rings. The number of esters is 1. The molecule has 8 rings (SSSR count). The smallest absolute Gasteiger partial charge is 0.402 e. The minimum Gasteiger partial charge on any atom is -0.507 e. The Hall–Kier alpha value is -5.84. The molecule has 77 heavy (non-hydrogen) atoms. The lowest BCUT2D eigenvalue weighted by molar-refractivity contribution is -0.319. The topological polar surface area (TPSA) is 444 Å². The molecule has 0 spiro atoms. The predicted molar refractivity (Wildman–Crippen MR) is 251 cm³/mol. The SMILES string of the molecule is COc1cc(-c2[o+]c3cc(O)cc(O[C@@H]4OC(CO)[C@@H](O)[C@H](O)C4O)c3cc2O[C@@H]2OC(CO[C@@H]3OC(C)[C@H](OC(=O)/C=C\c4ccc(O[C@@H]5OC(CO)[C@@H](O)[C@H](O)C5O)cc4)C(O)[C@@H]3O)[C@@H](O)[C@H](O)C2O)cc(O)c1O. The molecule has 4 aliphatic heterocycles. The van der Waals surface area contributed by atoms with E-state index in [4.69, 9.17) is 51.8 Å². The van der Waals surface area contributed by atoms with Crippen LogP contribution in [0.2, 0.25) is 0 Å².